The number of ether oxygens (including phenoxy) is 1. The van der Waals surface area contributed by atoms with Crippen molar-refractivity contribution in [1.82, 2.24) is 4.98 Å². The summed E-state index contributed by atoms with van der Waals surface area (Å²) in [5.41, 5.74) is 1.81. The van der Waals surface area contributed by atoms with E-state index in [1.807, 2.05) is 6.92 Å². The van der Waals surface area contributed by atoms with E-state index in [1.165, 1.54) is 24.6 Å². The second-order valence-corrected chi connectivity index (χ2v) is 4.35. The molecule has 2 aromatic heterocycles. The third kappa shape index (κ3) is 2.06. The van der Waals surface area contributed by atoms with Crippen molar-refractivity contribution < 1.29 is 13.9 Å². The maximum atomic E-state index is 13.7. The van der Waals surface area contributed by atoms with E-state index in [1.54, 1.807) is 11.4 Å². The number of aryl methyl sites for hydroxylation is 1. The van der Waals surface area contributed by atoms with E-state index in [4.69, 9.17) is 0 Å². The van der Waals surface area contributed by atoms with Crippen LogP contribution < -0.4 is 0 Å². The maximum Gasteiger partial charge on any atom is 0.348 e. The van der Waals surface area contributed by atoms with Crippen LogP contribution in [0.25, 0.3) is 11.1 Å². The Hall–Kier alpha value is -1.75. The van der Waals surface area contributed by atoms with Crippen LogP contribution in [0.2, 0.25) is 0 Å². The molecule has 0 aliphatic heterocycles. The first-order chi connectivity index (χ1) is 8.15. The van der Waals surface area contributed by atoms with Gasteiger partial charge in [0, 0.05) is 17.3 Å². The Bertz CT molecular complexity index is 565. The number of thiophene rings is 1. The van der Waals surface area contributed by atoms with Crippen molar-refractivity contribution in [3.63, 3.8) is 0 Å². The minimum atomic E-state index is -0.450. The quantitative estimate of drug-likeness (QED) is 0.770. The minimum absolute atomic E-state index is 0.374. The van der Waals surface area contributed by atoms with Crippen LogP contribution in [-0.4, -0.2) is 18.1 Å². The van der Waals surface area contributed by atoms with Crippen LogP contribution in [-0.2, 0) is 4.74 Å². The van der Waals surface area contributed by atoms with E-state index in [-0.39, 0.29) is 0 Å². The molecule has 0 aliphatic rings. The van der Waals surface area contributed by atoms with E-state index in [0.29, 0.717) is 16.0 Å². The second-order valence-electron chi connectivity index (χ2n) is 3.47. The molecule has 0 unspecified atom stereocenters. The summed E-state index contributed by atoms with van der Waals surface area (Å²) in [6.07, 6.45) is 2.63. The summed E-state index contributed by atoms with van der Waals surface area (Å²) in [6.45, 7) is 1.83. The SMILES string of the molecule is COC(=O)c1scc(C)c1-c1ccncc1F. The molecule has 5 heteroatoms. The third-order valence-corrected chi connectivity index (χ3v) is 3.47. The molecule has 0 aromatic carbocycles. The molecule has 0 spiro atoms. The molecule has 2 rings (SSSR count). The van der Waals surface area contributed by atoms with Gasteiger partial charge in [0.1, 0.15) is 10.7 Å². The third-order valence-electron chi connectivity index (χ3n) is 2.39. The molecule has 0 fully saturated rings. The van der Waals surface area contributed by atoms with Crippen LogP contribution in [0.4, 0.5) is 4.39 Å². The van der Waals surface area contributed by atoms with Gasteiger partial charge in [-0.25, -0.2) is 9.18 Å². The standard InChI is InChI=1S/C12H10FNO2S/c1-7-6-17-11(12(15)16-2)10(7)8-3-4-14-5-9(8)13/h3-6H,1-2H3. The number of hydrogen-bond donors (Lipinski definition) is 0. The monoisotopic (exact) mass is 251 g/mol. The number of hydrogen-bond acceptors (Lipinski definition) is 4. The summed E-state index contributed by atoms with van der Waals surface area (Å²) in [4.78, 5) is 15.7. The largest absolute Gasteiger partial charge is 0.465 e. The van der Waals surface area contributed by atoms with Gasteiger partial charge < -0.3 is 4.74 Å². The van der Waals surface area contributed by atoms with Crippen molar-refractivity contribution in [2.75, 3.05) is 7.11 Å². The topological polar surface area (TPSA) is 39.2 Å². The number of carbonyl (C=O) groups excluding carboxylic acids is 1. The van der Waals surface area contributed by atoms with E-state index < -0.39 is 11.8 Å². The number of rotatable bonds is 2. The highest BCUT2D eigenvalue weighted by atomic mass is 32.1. The Morgan fingerprint density at radius 3 is 2.94 bits per heavy atom. The first-order valence-electron chi connectivity index (χ1n) is 4.91. The maximum absolute atomic E-state index is 13.7. The van der Waals surface area contributed by atoms with Gasteiger partial charge in [0.05, 0.1) is 13.3 Å². The van der Waals surface area contributed by atoms with Crippen molar-refractivity contribution in [2.45, 2.75) is 6.92 Å². The first kappa shape index (κ1) is 11.7. The molecule has 17 heavy (non-hydrogen) atoms. The zero-order valence-electron chi connectivity index (χ0n) is 9.36. The zero-order chi connectivity index (χ0) is 12.4. The number of esters is 1. The number of pyridine rings is 1. The molecule has 3 nitrogen and oxygen atoms in total. The van der Waals surface area contributed by atoms with Crippen LogP contribution in [0.15, 0.2) is 23.8 Å². The summed E-state index contributed by atoms with van der Waals surface area (Å²) in [7, 11) is 1.31. The van der Waals surface area contributed by atoms with Gasteiger partial charge in [-0.15, -0.1) is 11.3 Å². The Labute approximate surface area is 102 Å². The van der Waals surface area contributed by atoms with Crippen LogP contribution >= 0.6 is 11.3 Å². The van der Waals surface area contributed by atoms with E-state index in [2.05, 4.69) is 9.72 Å². The lowest BCUT2D eigenvalue weighted by Gasteiger charge is -2.05. The van der Waals surface area contributed by atoms with Gasteiger partial charge in [0.15, 0.2) is 0 Å². The van der Waals surface area contributed by atoms with Gasteiger partial charge in [-0.1, -0.05) is 0 Å². The fraction of sp³-hybridized carbons (Fsp3) is 0.167. The number of methoxy groups -OCH3 is 1. The van der Waals surface area contributed by atoms with Crippen molar-refractivity contribution in [3.05, 3.63) is 40.1 Å². The van der Waals surface area contributed by atoms with Crippen LogP contribution in [0, 0.1) is 12.7 Å². The summed E-state index contributed by atoms with van der Waals surface area (Å²) >= 11 is 1.25. The summed E-state index contributed by atoms with van der Waals surface area (Å²) in [6, 6.07) is 1.55. The first-order valence-corrected chi connectivity index (χ1v) is 5.79. The van der Waals surface area contributed by atoms with Crippen molar-refractivity contribution in [1.29, 1.82) is 0 Å². The number of aromatic nitrogens is 1. The Kier molecular flexibility index (Phi) is 3.19. The fourth-order valence-corrected chi connectivity index (χ4v) is 2.58. The average molecular weight is 251 g/mol. The van der Waals surface area contributed by atoms with Crippen molar-refractivity contribution in [2.24, 2.45) is 0 Å². The highest BCUT2D eigenvalue weighted by Crippen LogP contribution is 2.34. The predicted octanol–water partition coefficient (Wildman–Crippen LogP) is 3.04. The summed E-state index contributed by atoms with van der Waals surface area (Å²) < 4.78 is 18.4. The normalized spacial score (nSPS) is 10.3. The number of halogens is 1. The second kappa shape index (κ2) is 4.63. The molecule has 2 aromatic rings. The molecule has 0 radical (unpaired) electrons. The average Bonchev–Trinajstić information content (AvgIpc) is 2.71. The number of carbonyl (C=O) groups is 1. The molecule has 0 N–H and O–H groups in total. The zero-order valence-corrected chi connectivity index (χ0v) is 10.2. The van der Waals surface area contributed by atoms with Gasteiger partial charge in [-0.3, -0.25) is 4.98 Å². The molecule has 0 saturated heterocycles. The molecule has 0 atom stereocenters. The van der Waals surface area contributed by atoms with Crippen molar-refractivity contribution >= 4 is 17.3 Å². The van der Waals surface area contributed by atoms with Crippen molar-refractivity contribution in [3.8, 4) is 11.1 Å². The van der Waals surface area contributed by atoms with E-state index in [0.717, 1.165) is 11.8 Å². The number of nitrogens with zero attached hydrogens (tertiary/aromatic N) is 1. The fourth-order valence-electron chi connectivity index (χ4n) is 1.60. The van der Waals surface area contributed by atoms with E-state index >= 15 is 0 Å². The lowest BCUT2D eigenvalue weighted by atomic mass is 10.0. The highest BCUT2D eigenvalue weighted by molar-refractivity contribution is 7.12. The Morgan fingerprint density at radius 1 is 1.53 bits per heavy atom. The van der Waals surface area contributed by atoms with Crippen LogP contribution in [0.5, 0.6) is 0 Å². The molecule has 88 valence electrons. The van der Waals surface area contributed by atoms with Gasteiger partial charge in [-0.05, 0) is 23.9 Å². The summed E-state index contributed by atoms with van der Waals surface area (Å²) in [5, 5.41) is 1.81. The van der Waals surface area contributed by atoms with Gasteiger partial charge in [0.2, 0.25) is 0 Å². The highest BCUT2D eigenvalue weighted by Gasteiger charge is 2.20. The molecular weight excluding hydrogens is 241 g/mol. The lowest BCUT2D eigenvalue weighted by Crippen LogP contribution is -2.01. The van der Waals surface area contributed by atoms with Gasteiger partial charge in [0.25, 0.3) is 0 Å². The van der Waals surface area contributed by atoms with Crippen LogP contribution in [0.3, 0.4) is 0 Å². The smallest absolute Gasteiger partial charge is 0.348 e. The minimum Gasteiger partial charge on any atom is -0.465 e. The summed E-state index contributed by atoms with van der Waals surface area (Å²) in [5.74, 6) is -0.895. The molecule has 0 amide bonds. The van der Waals surface area contributed by atoms with E-state index in [9.17, 15) is 9.18 Å². The van der Waals surface area contributed by atoms with Crippen LogP contribution in [0.1, 0.15) is 15.2 Å². The molecule has 0 aliphatic carbocycles. The Balaban J connectivity index is 2.63. The molecule has 2 heterocycles. The lowest BCUT2D eigenvalue weighted by molar-refractivity contribution is 0.0607. The van der Waals surface area contributed by atoms with Gasteiger partial charge in [-0.2, -0.15) is 0 Å². The van der Waals surface area contributed by atoms with Gasteiger partial charge >= 0.3 is 5.97 Å². The Morgan fingerprint density at radius 2 is 2.29 bits per heavy atom. The molecule has 0 bridgehead atoms. The molecular formula is C12H10FNO2S. The predicted molar refractivity (Wildman–Crippen MR) is 63.6 cm³/mol. The molecule has 0 saturated carbocycles.